The van der Waals surface area contributed by atoms with E-state index in [-0.39, 0.29) is 6.61 Å². The van der Waals surface area contributed by atoms with Crippen molar-refractivity contribution in [2.75, 3.05) is 36.9 Å². The molecule has 1 aromatic heterocycles. The molecule has 2 heterocycles. The number of anilines is 2. The van der Waals surface area contributed by atoms with Gasteiger partial charge in [0.05, 0.1) is 17.9 Å². The smallest absolute Gasteiger partial charge is 0.340 e. The van der Waals surface area contributed by atoms with Gasteiger partial charge in [-0.15, -0.1) is 0 Å². The number of esters is 1. The van der Waals surface area contributed by atoms with E-state index >= 15 is 0 Å². The number of rotatable bonds is 4. The summed E-state index contributed by atoms with van der Waals surface area (Å²) in [5.41, 5.74) is 6.79. The first-order valence-electron chi connectivity index (χ1n) is 6.94. The summed E-state index contributed by atoms with van der Waals surface area (Å²) in [6.07, 6.45) is 3.39. The third kappa shape index (κ3) is 3.01. The molecule has 0 amide bonds. The summed E-state index contributed by atoms with van der Waals surface area (Å²) < 4.78 is 4.99. The molecular formula is C14H21N3O3. The molecule has 6 heteroatoms. The molecule has 0 aromatic carbocycles. The Morgan fingerprint density at radius 2 is 2.25 bits per heavy atom. The molecule has 6 nitrogen and oxygen atoms in total. The lowest BCUT2D eigenvalue weighted by Crippen LogP contribution is -2.36. The van der Waals surface area contributed by atoms with Gasteiger partial charge in [-0.25, -0.2) is 9.78 Å². The van der Waals surface area contributed by atoms with Crippen LogP contribution in [0.1, 0.15) is 30.1 Å². The molecule has 2 rings (SSSR count). The minimum Gasteiger partial charge on any atom is -0.462 e. The predicted octanol–water partition coefficient (Wildman–Crippen LogP) is 1.05. The maximum atomic E-state index is 11.8. The maximum absolute atomic E-state index is 11.8. The Kier molecular flexibility index (Phi) is 4.79. The van der Waals surface area contributed by atoms with Crippen LogP contribution in [0.4, 0.5) is 11.5 Å². The fourth-order valence-electron chi connectivity index (χ4n) is 2.43. The van der Waals surface area contributed by atoms with E-state index in [0.29, 0.717) is 29.6 Å². The summed E-state index contributed by atoms with van der Waals surface area (Å²) in [4.78, 5) is 18.2. The first kappa shape index (κ1) is 14.6. The molecule has 1 aromatic rings. The van der Waals surface area contributed by atoms with Crippen LogP contribution >= 0.6 is 0 Å². The van der Waals surface area contributed by atoms with Gasteiger partial charge in [-0.05, 0) is 31.7 Å². The summed E-state index contributed by atoms with van der Waals surface area (Å²) in [6.45, 7) is 3.87. The average molecular weight is 279 g/mol. The first-order chi connectivity index (χ1) is 9.67. The second-order valence-electron chi connectivity index (χ2n) is 4.93. The van der Waals surface area contributed by atoms with Crippen molar-refractivity contribution in [3.05, 3.63) is 17.8 Å². The quantitative estimate of drug-likeness (QED) is 0.801. The Hall–Kier alpha value is -1.82. The minimum atomic E-state index is -0.418. The standard InChI is InChI=1S/C14H21N3O3/c1-2-20-14(19)11-3-6-16-13(12(11)15)17-7-4-10(9-18)5-8-17/h3,6,10,18H,2,4-5,7-9,15H2,1H3. The number of nitrogen functional groups attached to an aromatic ring is 1. The van der Waals surface area contributed by atoms with Crippen LogP contribution < -0.4 is 10.6 Å². The summed E-state index contributed by atoms with van der Waals surface area (Å²) in [6, 6.07) is 1.58. The largest absolute Gasteiger partial charge is 0.462 e. The zero-order valence-electron chi connectivity index (χ0n) is 11.7. The monoisotopic (exact) mass is 279 g/mol. The second kappa shape index (κ2) is 6.56. The van der Waals surface area contributed by atoms with Crippen molar-refractivity contribution in [3.63, 3.8) is 0 Å². The third-order valence-electron chi connectivity index (χ3n) is 3.64. The Labute approximate surface area is 118 Å². The molecule has 1 aliphatic heterocycles. The van der Waals surface area contributed by atoms with E-state index in [4.69, 9.17) is 15.6 Å². The third-order valence-corrected chi connectivity index (χ3v) is 3.64. The predicted molar refractivity (Wildman–Crippen MR) is 76.6 cm³/mol. The lowest BCUT2D eigenvalue weighted by Gasteiger charge is -2.32. The molecule has 3 N–H and O–H groups in total. The highest BCUT2D eigenvalue weighted by Gasteiger charge is 2.23. The molecule has 0 aliphatic carbocycles. The summed E-state index contributed by atoms with van der Waals surface area (Å²) in [5.74, 6) is 0.562. The number of hydrogen-bond acceptors (Lipinski definition) is 6. The number of carbonyl (C=O) groups is 1. The van der Waals surface area contributed by atoms with Gasteiger partial charge in [-0.1, -0.05) is 0 Å². The number of pyridine rings is 1. The summed E-state index contributed by atoms with van der Waals surface area (Å²) in [5, 5.41) is 9.16. The number of nitrogens with two attached hydrogens (primary N) is 1. The van der Waals surface area contributed by atoms with Crippen molar-refractivity contribution in [3.8, 4) is 0 Å². The van der Waals surface area contributed by atoms with Gasteiger partial charge in [-0.3, -0.25) is 0 Å². The molecule has 0 bridgehead atoms. The van der Waals surface area contributed by atoms with Crippen molar-refractivity contribution >= 4 is 17.5 Å². The van der Waals surface area contributed by atoms with Gasteiger partial charge >= 0.3 is 5.97 Å². The lowest BCUT2D eigenvalue weighted by molar-refractivity contribution is 0.0527. The number of aliphatic hydroxyl groups is 1. The molecule has 1 saturated heterocycles. The van der Waals surface area contributed by atoms with Gasteiger partial charge in [0, 0.05) is 25.9 Å². The van der Waals surface area contributed by atoms with E-state index < -0.39 is 5.97 Å². The van der Waals surface area contributed by atoms with E-state index in [0.717, 1.165) is 25.9 Å². The molecular weight excluding hydrogens is 258 g/mol. The molecule has 20 heavy (non-hydrogen) atoms. The Morgan fingerprint density at radius 3 is 2.85 bits per heavy atom. The number of piperidine rings is 1. The van der Waals surface area contributed by atoms with Crippen LogP contribution in [0.3, 0.4) is 0 Å². The number of aromatic nitrogens is 1. The SMILES string of the molecule is CCOC(=O)c1ccnc(N2CCC(CO)CC2)c1N. The molecule has 0 atom stereocenters. The lowest BCUT2D eigenvalue weighted by atomic mass is 9.98. The Balaban J connectivity index is 2.17. The molecule has 1 aliphatic rings. The highest BCUT2D eigenvalue weighted by atomic mass is 16.5. The van der Waals surface area contributed by atoms with Crippen molar-refractivity contribution in [1.29, 1.82) is 0 Å². The van der Waals surface area contributed by atoms with Crippen LogP contribution in [0.25, 0.3) is 0 Å². The number of nitrogens with zero attached hydrogens (tertiary/aromatic N) is 2. The van der Waals surface area contributed by atoms with Crippen LogP contribution in [-0.2, 0) is 4.74 Å². The van der Waals surface area contributed by atoms with E-state index in [1.165, 1.54) is 0 Å². The van der Waals surface area contributed by atoms with Gasteiger partial charge in [-0.2, -0.15) is 0 Å². The average Bonchev–Trinajstić information content (AvgIpc) is 2.48. The zero-order chi connectivity index (χ0) is 14.5. The number of ether oxygens (including phenoxy) is 1. The first-order valence-corrected chi connectivity index (χ1v) is 6.94. The molecule has 1 fully saturated rings. The van der Waals surface area contributed by atoms with E-state index in [1.807, 2.05) is 0 Å². The molecule has 110 valence electrons. The molecule has 0 spiro atoms. The highest BCUT2D eigenvalue weighted by molar-refractivity contribution is 5.97. The fraction of sp³-hybridized carbons (Fsp3) is 0.571. The topological polar surface area (TPSA) is 88.7 Å². The van der Waals surface area contributed by atoms with Crippen LogP contribution in [-0.4, -0.2) is 42.4 Å². The Bertz CT molecular complexity index is 471. The number of hydrogen-bond donors (Lipinski definition) is 2. The highest BCUT2D eigenvalue weighted by Crippen LogP contribution is 2.28. The molecule has 0 radical (unpaired) electrons. The maximum Gasteiger partial charge on any atom is 0.340 e. The van der Waals surface area contributed by atoms with Crippen molar-refractivity contribution in [1.82, 2.24) is 4.98 Å². The summed E-state index contributed by atoms with van der Waals surface area (Å²) in [7, 11) is 0. The normalized spacial score (nSPS) is 16.2. The van der Waals surface area contributed by atoms with Crippen LogP contribution in [0.15, 0.2) is 12.3 Å². The van der Waals surface area contributed by atoms with E-state index in [2.05, 4.69) is 9.88 Å². The molecule has 0 unspecified atom stereocenters. The van der Waals surface area contributed by atoms with Gasteiger partial charge < -0.3 is 20.5 Å². The fourth-order valence-corrected chi connectivity index (χ4v) is 2.43. The van der Waals surface area contributed by atoms with Gasteiger partial charge in [0.1, 0.15) is 0 Å². The zero-order valence-corrected chi connectivity index (χ0v) is 11.7. The van der Waals surface area contributed by atoms with E-state index in [9.17, 15) is 4.79 Å². The van der Waals surface area contributed by atoms with Crippen LogP contribution in [0.5, 0.6) is 0 Å². The van der Waals surface area contributed by atoms with Gasteiger partial charge in [0.25, 0.3) is 0 Å². The van der Waals surface area contributed by atoms with Gasteiger partial charge in [0.15, 0.2) is 5.82 Å². The van der Waals surface area contributed by atoms with Crippen molar-refractivity contribution < 1.29 is 14.6 Å². The van der Waals surface area contributed by atoms with Gasteiger partial charge in [0.2, 0.25) is 0 Å². The minimum absolute atomic E-state index is 0.222. The Morgan fingerprint density at radius 1 is 1.55 bits per heavy atom. The second-order valence-corrected chi connectivity index (χ2v) is 4.93. The van der Waals surface area contributed by atoms with Crippen LogP contribution in [0.2, 0.25) is 0 Å². The summed E-state index contributed by atoms with van der Waals surface area (Å²) >= 11 is 0. The number of aliphatic hydroxyl groups excluding tert-OH is 1. The van der Waals surface area contributed by atoms with Crippen LogP contribution in [0, 0.1) is 5.92 Å². The van der Waals surface area contributed by atoms with Crippen molar-refractivity contribution in [2.45, 2.75) is 19.8 Å². The molecule has 0 saturated carbocycles. The van der Waals surface area contributed by atoms with E-state index in [1.54, 1.807) is 19.2 Å². The van der Waals surface area contributed by atoms with Crippen molar-refractivity contribution in [2.24, 2.45) is 5.92 Å². The number of carbonyl (C=O) groups excluding carboxylic acids is 1.